The maximum atomic E-state index is 13.3. The van der Waals surface area contributed by atoms with Gasteiger partial charge >= 0.3 is 0 Å². The second-order valence-corrected chi connectivity index (χ2v) is 8.51. The third-order valence-electron chi connectivity index (χ3n) is 5.76. The molecule has 1 fully saturated rings. The first-order chi connectivity index (χ1) is 17.2. The predicted molar refractivity (Wildman–Crippen MR) is 131 cm³/mol. The number of phenolic OH excluding ortho intramolecular Hbond substituents is 1. The predicted octanol–water partition coefficient (Wildman–Crippen LogP) is 4.94. The number of likely N-dealkylation sites (tertiary alicyclic amines) is 1. The van der Waals surface area contributed by atoms with Gasteiger partial charge in [0.1, 0.15) is 16.5 Å². The second kappa shape index (κ2) is 10.0. The van der Waals surface area contributed by atoms with Gasteiger partial charge in [0.2, 0.25) is 0 Å². The number of carbonyl (C=O) groups excluding carboxylic acids is 2. The van der Waals surface area contributed by atoms with Gasteiger partial charge in [0, 0.05) is 0 Å². The Morgan fingerprint density at radius 1 is 1.06 bits per heavy atom. The summed E-state index contributed by atoms with van der Waals surface area (Å²) < 4.78 is 21.1. The van der Waals surface area contributed by atoms with Crippen molar-refractivity contribution in [1.29, 1.82) is 0 Å². The Morgan fingerprint density at radius 3 is 2.36 bits per heavy atom. The fraction of sp³-hybridized carbons (Fsp3) is 0.200. The number of hydrogen-bond acceptors (Lipinski definition) is 8. The Bertz CT molecular complexity index is 1370. The van der Waals surface area contributed by atoms with Crippen LogP contribution in [0.15, 0.2) is 52.7 Å². The Kier molecular flexibility index (Phi) is 7.05. The number of rotatable bonds is 7. The largest absolute Gasteiger partial charge is 0.507 e. The Labute approximate surface area is 216 Å². The van der Waals surface area contributed by atoms with Crippen molar-refractivity contribution < 1.29 is 38.4 Å². The van der Waals surface area contributed by atoms with E-state index in [1.165, 1.54) is 50.7 Å². The zero-order valence-electron chi connectivity index (χ0n) is 19.4. The van der Waals surface area contributed by atoms with E-state index in [9.17, 15) is 19.8 Å². The maximum Gasteiger partial charge on any atom is 0.296 e. The van der Waals surface area contributed by atoms with Gasteiger partial charge in [-0.05, 0) is 35.9 Å². The monoisotopic (exact) mass is 533 g/mol. The molecule has 1 amide bonds. The fourth-order valence-electron chi connectivity index (χ4n) is 4.13. The molecule has 3 aromatic rings. The summed E-state index contributed by atoms with van der Waals surface area (Å²) in [6.45, 7) is -0.0763. The minimum Gasteiger partial charge on any atom is -0.507 e. The molecule has 2 aromatic carbocycles. The first-order valence-corrected chi connectivity index (χ1v) is 11.3. The maximum absolute atomic E-state index is 13.3. The van der Waals surface area contributed by atoms with Crippen LogP contribution in [0.25, 0.3) is 5.76 Å². The second-order valence-electron chi connectivity index (χ2n) is 7.72. The van der Waals surface area contributed by atoms with Crippen molar-refractivity contribution in [2.45, 2.75) is 12.6 Å². The summed E-state index contributed by atoms with van der Waals surface area (Å²) in [6, 6.07) is 7.92. The lowest BCUT2D eigenvalue weighted by atomic mass is 9.94. The standard InChI is InChI=1S/C25H21Cl2NO8/c1-33-17-7-6-12(9-16(17)29)20-18(22(31)25(32)28(20)11-13-5-4-8-36-13)21(30)14-10-15(26)24(35-3)19(27)23(14)34-2/h4-10,20,29-30H,11H2,1-3H3/b21-18+. The normalized spacial score (nSPS) is 16.9. The average molecular weight is 534 g/mol. The molecule has 0 bridgehead atoms. The van der Waals surface area contributed by atoms with E-state index in [1.807, 2.05) is 0 Å². The number of aromatic hydroxyl groups is 1. The molecule has 11 heteroatoms. The number of amides is 1. The Morgan fingerprint density at radius 2 is 1.78 bits per heavy atom. The number of Topliss-reactive ketones (excluding diaryl/α,β-unsaturated/α-hetero) is 1. The first-order valence-electron chi connectivity index (χ1n) is 10.5. The molecular weight excluding hydrogens is 513 g/mol. The van der Waals surface area contributed by atoms with E-state index in [0.29, 0.717) is 11.3 Å². The summed E-state index contributed by atoms with van der Waals surface area (Å²) in [5, 5.41) is 21.8. The van der Waals surface area contributed by atoms with Gasteiger partial charge in [-0.3, -0.25) is 9.59 Å². The highest BCUT2D eigenvalue weighted by molar-refractivity contribution is 6.47. The molecule has 1 atom stereocenters. The molecule has 188 valence electrons. The van der Waals surface area contributed by atoms with Crippen LogP contribution in [0.4, 0.5) is 0 Å². The van der Waals surface area contributed by atoms with Crippen LogP contribution in [0.2, 0.25) is 10.0 Å². The summed E-state index contributed by atoms with van der Waals surface area (Å²) >= 11 is 12.7. The van der Waals surface area contributed by atoms with Gasteiger partial charge in [0.05, 0.1) is 56.3 Å². The molecule has 9 nitrogen and oxygen atoms in total. The highest BCUT2D eigenvalue weighted by atomic mass is 35.5. The van der Waals surface area contributed by atoms with Crippen LogP contribution in [0, 0.1) is 0 Å². The number of hydrogen-bond donors (Lipinski definition) is 2. The van der Waals surface area contributed by atoms with Crippen molar-refractivity contribution in [3.63, 3.8) is 0 Å². The molecule has 1 unspecified atom stereocenters. The highest BCUT2D eigenvalue weighted by Gasteiger charge is 2.47. The van der Waals surface area contributed by atoms with Crippen molar-refractivity contribution >= 4 is 40.7 Å². The van der Waals surface area contributed by atoms with Crippen LogP contribution < -0.4 is 14.2 Å². The third kappa shape index (κ3) is 4.20. The van der Waals surface area contributed by atoms with E-state index in [-0.39, 0.29) is 50.7 Å². The number of ether oxygens (including phenoxy) is 3. The first kappa shape index (κ1) is 25.3. The van der Waals surface area contributed by atoms with Gasteiger partial charge in [-0.1, -0.05) is 29.3 Å². The lowest BCUT2D eigenvalue weighted by Gasteiger charge is -2.25. The molecule has 1 aliphatic heterocycles. The quantitative estimate of drug-likeness (QED) is 0.249. The number of aliphatic hydroxyl groups is 1. The Balaban J connectivity index is 1.97. The van der Waals surface area contributed by atoms with Gasteiger partial charge in [0.25, 0.3) is 11.7 Å². The SMILES string of the molecule is COc1ccc(C2/C(=C(\O)c3cc(Cl)c(OC)c(Cl)c3OC)C(=O)C(=O)N2Cc2ccco2)cc1O. The van der Waals surface area contributed by atoms with E-state index in [1.54, 1.807) is 18.2 Å². The molecule has 1 saturated heterocycles. The van der Waals surface area contributed by atoms with Crippen LogP contribution in [-0.2, 0) is 16.1 Å². The van der Waals surface area contributed by atoms with Crippen molar-refractivity contribution in [2.75, 3.05) is 21.3 Å². The molecule has 1 aromatic heterocycles. The molecule has 1 aliphatic rings. The number of furan rings is 1. The van der Waals surface area contributed by atoms with E-state index >= 15 is 0 Å². The summed E-state index contributed by atoms with van der Waals surface area (Å²) in [6.07, 6.45) is 1.44. The number of halogens is 2. The van der Waals surface area contributed by atoms with Crippen molar-refractivity contribution in [1.82, 2.24) is 4.90 Å². The van der Waals surface area contributed by atoms with Crippen LogP contribution in [-0.4, -0.2) is 48.1 Å². The van der Waals surface area contributed by atoms with Crippen LogP contribution in [0.5, 0.6) is 23.0 Å². The number of methoxy groups -OCH3 is 3. The molecule has 2 heterocycles. The summed E-state index contributed by atoms with van der Waals surface area (Å²) in [5.74, 6) is -1.91. The Hall–Kier alpha value is -3.82. The average Bonchev–Trinajstić information content (AvgIpc) is 3.46. The zero-order valence-corrected chi connectivity index (χ0v) is 20.9. The van der Waals surface area contributed by atoms with Crippen LogP contribution >= 0.6 is 23.2 Å². The van der Waals surface area contributed by atoms with Gasteiger partial charge in [-0.2, -0.15) is 0 Å². The lowest BCUT2D eigenvalue weighted by molar-refractivity contribution is -0.140. The molecule has 0 spiro atoms. The van der Waals surface area contributed by atoms with Crippen molar-refractivity contribution in [3.05, 3.63) is 75.2 Å². The van der Waals surface area contributed by atoms with Gasteiger partial charge in [-0.15, -0.1) is 0 Å². The van der Waals surface area contributed by atoms with Gasteiger partial charge < -0.3 is 33.7 Å². The number of phenols is 1. The number of benzene rings is 2. The summed E-state index contributed by atoms with van der Waals surface area (Å²) in [4.78, 5) is 27.7. The molecule has 0 aliphatic carbocycles. The molecule has 2 N–H and O–H groups in total. The molecule has 0 radical (unpaired) electrons. The number of aliphatic hydroxyl groups excluding tert-OH is 1. The van der Waals surface area contributed by atoms with Gasteiger partial charge in [0.15, 0.2) is 23.0 Å². The van der Waals surface area contributed by atoms with Crippen molar-refractivity contribution in [3.8, 4) is 23.0 Å². The van der Waals surface area contributed by atoms with E-state index < -0.39 is 23.5 Å². The fourth-order valence-corrected chi connectivity index (χ4v) is 4.82. The summed E-state index contributed by atoms with van der Waals surface area (Å²) in [7, 11) is 4.07. The summed E-state index contributed by atoms with van der Waals surface area (Å²) in [5.41, 5.74) is 0.0593. The highest BCUT2D eigenvalue weighted by Crippen LogP contribution is 2.48. The minimum atomic E-state index is -1.10. The molecule has 4 rings (SSSR count). The van der Waals surface area contributed by atoms with Crippen molar-refractivity contribution in [2.24, 2.45) is 0 Å². The number of ketones is 1. The van der Waals surface area contributed by atoms with E-state index in [4.69, 9.17) is 41.8 Å². The van der Waals surface area contributed by atoms with Gasteiger partial charge in [-0.25, -0.2) is 0 Å². The molecular formula is C25H21Cl2NO8. The molecule has 36 heavy (non-hydrogen) atoms. The van der Waals surface area contributed by atoms with Crippen LogP contribution in [0.1, 0.15) is 22.9 Å². The third-order valence-corrected chi connectivity index (χ3v) is 6.38. The van der Waals surface area contributed by atoms with E-state index in [0.717, 1.165) is 0 Å². The molecule has 0 saturated carbocycles. The number of nitrogens with zero attached hydrogens (tertiary/aromatic N) is 1. The topological polar surface area (TPSA) is 119 Å². The lowest BCUT2D eigenvalue weighted by Crippen LogP contribution is -2.29. The van der Waals surface area contributed by atoms with E-state index in [2.05, 4.69) is 0 Å². The number of carbonyl (C=O) groups is 2. The zero-order chi connectivity index (χ0) is 26.1. The smallest absolute Gasteiger partial charge is 0.296 e. The minimum absolute atomic E-state index is 0.0102. The van der Waals surface area contributed by atoms with Crippen LogP contribution in [0.3, 0.4) is 0 Å².